The molecule has 0 radical (unpaired) electrons. The van der Waals surface area contributed by atoms with Crippen molar-refractivity contribution in [3.8, 4) is 17.6 Å². The molecular weight excluding hydrogens is 416 g/mol. The summed E-state index contributed by atoms with van der Waals surface area (Å²) in [7, 11) is 1.66. The summed E-state index contributed by atoms with van der Waals surface area (Å²) < 4.78 is 23.4. The van der Waals surface area contributed by atoms with E-state index in [1.54, 1.807) is 7.11 Å². The van der Waals surface area contributed by atoms with Crippen molar-refractivity contribution in [3.05, 3.63) is 42.0 Å². The minimum atomic E-state index is -0.585. The highest BCUT2D eigenvalue weighted by molar-refractivity contribution is 5.26. The van der Waals surface area contributed by atoms with E-state index < -0.39 is 11.9 Å². The smallest absolute Gasteiger partial charge is 0.163 e. The predicted molar refractivity (Wildman–Crippen MR) is 130 cm³/mol. The Hall–Kier alpha value is -1.84. The number of ether oxygens (including phenoxy) is 4. The summed E-state index contributed by atoms with van der Waals surface area (Å²) in [6.07, 6.45) is 9.21. The Balaban J connectivity index is 1.56. The highest BCUT2D eigenvalue weighted by Crippen LogP contribution is 2.49. The van der Waals surface area contributed by atoms with Gasteiger partial charge in [-0.15, -0.1) is 11.8 Å². The van der Waals surface area contributed by atoms with E-state index in [2.05, 4.69) is 18.8 Å². The van der Waals surface area contributed by atoms with Gasteiger partial charge in [-0.25, -0.2) is 0 Å². The van der Waals surface area contributed by atoms with Crippen LogP contribution in [0.5, 0.6) is 5.75 Å². The Kier molecular flexibility index (Phi) is 9.82. The lowest BCUT2D eigenvalue weighted by atomic mass is 10.1. The van der Waals surface area contributed by atoms with Crippen molar-refractivity contribution >= 4 is 0 Å². The molecule has 2 fully saturated rings. The van der Waals surface area contributed by atoms with E-state index in [0.29, 0.717) is 31.5 Å². The van der Waals surface area contributed by atoms with E-state index in [4.69, 9.17) is 18.9 Å². The lowest BCUT2D eigenvalue weighted by Crippen LogP contribution is -2.24. The van der Waals surface area contributed by atoms with Crippen molar-refractivity contribution in [2.45, 2.75) is 90.0 Å². The molecule has 1 saturated heterocycles. The van der Waals surface area contributed by atoms with Crippen molar-refractivity contribution in [2.75, 3.05) is 13.7 Å². The van der Waals surface area contributed by atoms with Crippen LogP contribution < -0.4 is 4.74 Å². The van der Waals surface area contributed by atoms with Gasteiger partial charge in [0.1, 0.15) is 5.75 Å². The monoisotopic (exact) mass is 456 g/mol. The minimum Gasteiger partial charge on any atom is -0.497 e. The molecule has 0 amide bonds. The first-order chi connectivity index (χ1) is 15.9. The normalized spacial score (nSPS) is 25.4. The Bertz CT molecular complexity index is 804. The number of hydrogen-bond donors (Lipinski definition) is 1. The second kappa shape index (κ2) is 12.6. The van der Waals surface area contributed by atoms with Crippen LogP contribution in [0, 0.1) is 23.7 Å². The van der Waals surface area contributed by atoms with Crippen LogP contribution in [-0.4, -0.2) is 42.9 Å². The van der Waals surface area contributed by atoms with Crippen molar-refractivity contribution in [1.29, 1.82) is 0 Å². The van der Waals surface area contributed by atoms with Gasteiger partial charge < -0.3 is 24.1 Å². The summed E-state index contributed by atoms with van der Waals surface area (Å²) >= 11 is 0. The van der Waals surface area contributed by atoms with E-state index in [-0.39, 0.29) is 12.2 Å². The van der Waals surface area contributed by atoms with Gasteiger partial charge in [0.15, 0.2) is 5.79 Å². The zero-order valence-corrected chi connectivity index (χ0v) is 20.6. The Morgan fingerprint density at radius 1 is 1.18 bits per heavy atom. The standard InChI is InChI=1S/C28H40O5/c1-5-6-7-8-9-10-11-22(29)14-17-26(31-19-21-12-15-23(30-4)16-13-21)24-18-25(24)27-20-32-28(2,3)33-27/h12-17,22,24-27,29H,5-8,11,18-20H2,1-4H3/b17-14+/t22-,24+,25+,26-,27+/m0/s1. The summed E-state index contributed by atoms with van der Waals surface area (Å²) in [4.78, 5) is 0. The molecule has 0 bridgehead atoms. The molecule has 1 aromatic carbocycles. The van der Waals surface area contributed by atoms with E-state index >= 15 is 0 Å². The predicted octanol–water partition coefficient (Wildman–Crippen LogP) is 5.26. The third kappa shape index (κ3) is 8.46. The fourth-order valence-corrected chi connectivity index (χ4v) is 4.24. The zero-order valence-electron chi connectivity index (χ0n) is 20.6. The Morgan fingerprint density at radius 3 is 2.64 bits per heavy atom. The molecule has 1 aromatic rings. The molecule has 1 aliphatic carbocycles. The maximum Gasteiger partial charge on any atom is 0.163 e. The number of aliphatic hydroxyl groups excluding tert-OH is 1. The molecule has 1 N–H and O–H groups in total. The summed E-state index contributed by atoms with van der Waals surface area (Å²) in [5.41, 5.74) is 1.09. The van der Waals surface area contributed by atoms with Crippen molar-refractivity contribution in [3.63, 3.8) is 0 Å². The number of benzene rings is 1. The summed E-state index contributed by atoms with van der Waals surface area (Å²) in [6.45, 7) is 7.23. The van der Waals surface area contributed by atoms with Gasteiger partial charge in [0.25, 0.3) is 0 Å². The molecule has 5 heteroatoms. The average molecular weight is 457 g/mol. The number of unbranched alkanes of at least 4 members (excludes halogenated alkanes) is 3. The highest BCUT2D eigenvalue weighted by atomic mass is 16.7. The van der Waals surface area contributed by atoms with Crippen LogP contribution in [-0.2, 0) is 20.8 Å². The molecule has 3 rings (SSSR count). The molecule has 5 nitrogen and oxygen atoms in total. The van der Waals surface area contributed by atoms with Crippen molar-refractivity contribution in [2.24, 2.45) is 11.8 Å². The number of aliphatic hydroxyl groups is 1. The number of hydrogen-bond acceptors (Lipinski definition) is 5. The van der Waals surface area contributed by atoms with Gasteiger partial charge in [-0.05, 0) is 56.2 Å². The Morgan fingerprint density at radius 2 is 1.97 bits per heavy atom. The third-order valence-electron chi connectivity index (χ3n) is 6.29. The SMILES string of the molecule is CCCCCC#CC[C@H](O)/C=C/[C@H](OCc1ccc(OC)cc1)[C@@H]1C[C@H]1[C@H]1COC(C)(C)O1. The lowest BCUT2D eigenvalue weighted by molar-refractivity contribution is -0.141. The second-order valence-corrected chi connectivity index (χ2v) is 9.52. The molecule has 1 aliphatic heterocycles. The Labute approximate surface area is 199 Å². The van der Waals surface area contributed by atoms with Gasteiger partial charge in [0, 0.05) is 12.8 Å². The first-order valence-electron chi connectivity index (χ1n) is 12.3. The number of rotatable bonds is 12. The zero-order chi connectivity index (χ0) is 23.7. The molecule has 5 atom stereocenters. The molecule has 0 spiro atoms. The summed E-state index contributed by atoms with van der Waals surface area (Å²) in [5.74, 6) is 7.35. The van der Waals surface area contributed by atoms with E-state index in [0.717, 1.165) is 30.6 Å². The van der Waals surface area contributed by atoms with Crippen molar-refractivity contribution < 1.29 is 24.1 Å². The molecule has 33 heavy (non-hydrogen) atoms. The van der Waals surface area contributed by atoms with Crippen LogP contribution in [0.25, 0.3) is 0 Å². The van der Waals surface area contributed by atoms with Crippen LogP contribution >= 0.6 is 0 Å². The highest BCUT2D eigenvalue weighted by Gasteiger charge is 2.51. The van der Waals surface area contributed by atoms with Crippen LogP contribution in [0.15, 0.2) is 36.4 Å². The van der Waals surface area contributed by atoms with Gasteiger partial charge in [-0.2, -0.15) is 0 Å². The number of methoxy groups -OCH3 is 1. The molecule has 1 heterocycles. The van der Waals surface area contributed by atoms with Gasteiger partial charge >= 0.3 is 0 Å². The van der Waals surface area contributed by atoms with E-state index in [1.807, 2.05) is 50.3 Å². The fourth-order valence-electron chi connectivity index (χ4n) is 4.24. The molecular formula is C28H40O5. The van der Waals surface area contributed by atoms with Gasteiger partial charge in [-0.1, -0.05) is 44.1 Å². The van der Waals surface area contributed by atoms with Gasteiger partial charge in [-0.3, -0.25) is 0 Å². The summed E-state index contributed by atoms with van der Waals surface area (Å²) in [5, 5.41) is 10.4. The minimum absolute atomic E-state index is 0.0865. The van der Waals surface area contributed by atoms with E-state index in [1.165, 1.54) is 12.8 Å². The van der Waals surface area contributed by atoms with E-state index in [9.17, 15) is 5.11 Å². The second-order valence-electron chi connectivity index (χ2n) is 9.52. The largest absolute Gasteiger partial charge is 0.497 e. The van der Waals surface area contributed by atoms with Crippen LogP contribution in [0.2, 0.25) is 0 Å². The molecule has 0 unspecified atom stereocenters. The topological polar surface area (TPSA) is 57.2 Å². The quantitative estimate of drug-likeness (QED) is 0.264. The van der Waals surface area contributed by atoms with Crippen LogP contribution in [0.1, 0.15) is 64.9 Å². The summed E-state index contributed by atoms with van der Waals surface area (Å²) in [6, 6.07) is 7.92. The molecule has 182 valence electrons. The van der Waals surface area contributed by atoms with Crippen LogP contribution in [0.3, 0.4) is 0 Å². The van der Waals surface area contributed by atoms with Crippen molar-refractivity contribution in [1.82, 2.24) is 0 Å². The molecule has 0 aromatic heterocycles. The third-order valence-corrected chi connectivity index (χ3v) is 6.29. The lowest BCUT2D eigenvalue weighted by Gasteiger charge is -2.19. The first kappa shape index (κ1) is 25.8. The van der Waals surface area contributed by atoms with Crippen LogP contribution in [0.4, 0.5) is 0 Å². The maximum atomic E-state index is 10.4. The van der Waals surface area contributed by atoms with Gasteiger partial charge in [0.2, 0.25) is 0 Å². The first-order valence-corrected chi connectivity index (χ1v) is 12.3. The fraction of sp³-hybridized carbons (Fsp3) is 0.643. The molecule has 2 aliphatic rings. The maximum absolute atomic E-state index is 10.4. The molecule has 1 saturated carbocycles. The average Bonchev–Trinajstić information content (AvgIpc) is 3.51. The van der Waals surface area contributed by atoms with Gasteiger partial charge in [0.05, 0.1) is 38.6 Å².